The zero-order valence-corrected chi connectivity index (χ0v) is 11.7. The number of pyridine rings is 2. The van der Waals surface area contributed by atoms with Gasteiger partial charge in [0.25, 0.3) is 0 Å². The molecule has 1 aliphatic rings. The van der Waals surface area contributed by atoms with Crippen molar-refractivity contribution in [3.05, 3.63) is 30.9 Å². The molecule has 0 spiro atoms. The Bertz CT molecular complexity index is 606. The molecule has 98 valence electrons. The van der Waals surface area contributed by atoms with Crippen molar-refractivity contribution in [3.63, 3.8) is 0 Å². The van der Waals surface area contributed by atoms with Crippen LogP contribution >= 0.6 is 0 Å². The molecular formula is C14H17BN2O2. The fourth-order valence-corrected chi connectivity index (χ4v) is 2.18. The summed E-state index contributed by atoms with van der Waals surface area (Å²) in [4.78, 5) is 8.44. The summed E-state index contributed by atoms with van der Waals surface area (Å²) in [6.07, 6.45) is 7.22. The van der Waals surface area contributed by atoms with Crippen LogP contribution in [0.1, 0.15) is 27.7 Å². The van der Waals surface area contributed by atoms with Crippen molar-refractivity contribution >= 4 is 23.4 Å². The maximum absolute atomic E-state index is 6.07. The molecule has 2 aromatic heterocycles. The SMILES string of the molecule is CC1(C)OB(c2cncc3ccncc23)OC1(C)C. The van der Waals surface area contributed by atoms with Crippen LogP contribution in [0.4, 0.5) is 0 Å². The lowest BCUT2D eigenvalue weighted by Crippen LogP contribution is -2.41. The van der Waals surface area contributed by atoms with E-state index < -0.39 is 7.12 Å². The summed E-state index contributed by atoms with van der Waals surface area (Å²) in [7, 11) is -0.398. The summed E-state index contributed by atoms with van der Waals surface area (Å²) in [6, 6.07) is 1.94. The van der Waals surface area contributed by atoms with Gasteiger partial charge in [0.2, 0.25) is 0 Å². The minimum absolute atomic E-state index is 0.345. The fourth-order valence-electron chi connectivity index (χ4n) is 2.18. The first-order valence-electron chi connectivity index (χ1n) is 6.44. The molecule has 0 aromatic carbocycles. The van der Waals surface area contributed by atoms with Gasteiger partial charge in [-0.15, -0.1) is 0 Å². The van der Waals surface area contributed by atoms with Gasteiger partial charge in [-0.1, -0.05) is 0 Å². The van der Waals surface area contributed by atoms with Gasteiger partial charge in [-0.3, -0.25) is 9.97 Å². The number of hydrogen-bond donors (Lipinski definition) is 0. The van der Waals surface area contributed by atoms with Crippen LogP contribution < -0.4 is 5.46 Å². The van der Waals surface area contributed by atoms with Crippen LogP contribution in [-0.2, 0) is 9.31 Å². The summed E-state index contributed by atoms with van der Waals surface area (Å²) in [5.74, 6) is 0. The van der Waals surface area contributed by atoms with E-state index in [0.29, 0.717) is 0 Å². The number of rotatable bonds is 1. The topological polar surface area (TPSA) is 44.2 Å². The van der Waals surface area contributed by atoms with Gasteiger partial charge in [-0.2, -0.15) is 0 Å². The number of nitrogens with zero attached hydrogens (tertiary/aromatic N) is 2. The lowest BCUT2D eigenvalue weighted by atomic mass is 9.78. The van der Waals surface area contributed by atoms with E-state index in [-0.39, 0.29) is 11.2 Å². The third-order valence-electron chi connectivity index (χ3n) is 4.10. The Hall–Kier alpha value is -1.46. The zero-order chi connectivity index (χ0) is 13.7. The molecule has 19 heavy (non-hydrogen) atoms. The highest BCUT2D eigenvalue weighted by Gasteiger charge is 2.52. The smallest absolute Gasteiger partial charge is 0.399 e. The van der Waals surface area contributed by atoms with Gasteiger partial charge >= 0.3 is 7.12 Å². The average Bonchev–Trinajstić information content (AvgIpc) is 2.58. The zero-order valence-electron chi connectivity index (χ0n) is 11.7. The summed E-state index contributed by atoms with van der Waals surface area (Å²) >= 11 is 0. The second kappa shape index (κ2) is 4.02. The second-order valence-electron chi connectivity index (χ2n) is 5.91. The molecule has 0 bridgehead atoms. The quantitative estimate of drug-likeness (QED) is 0.731. The highest BCUT2D eigenvalue weighted by atomic mass is 16.7. The summed E-state index contributed by atoms with van der Waals surface area (Å²) in [6.45, 7) is 8.18. The van der Waals surface area contributed by atoms with Crippen LogP contribution in [0.2, 0.25) is 0 Å². The largest absolute Gasteiger partial charge is 0.497 e. The van der Waals surface area contributed by atoms with Gasteiger partial charge in [-0.25, -0.2) is 0 Å². The Labute approximate surface area is 113 Å². The minimum Gasteiger partial charge on any atom is -0.399 e. The molecule has 3 rings (SSSR count). The van der Waals surface area contributed by atoms with Crippen molar-refractivity contribution < 1.29 is 9.31 Å². The highest BCUT2D eigenvalue weighted by Crippen LogP contribution is 2.36. The first-order valence-corrected chi connectivity index (χ1v) is 6.44. The number of aromatic nitrogens is 2. The molecule has 4 nitrogen and oxygen atoms in total. The van der Waals surface area contributed by atoms with Crippen LogP contribution in [-0.4, -0.2) is 28.3 Å². The lowest BCUT2D eigenvalue weighted by Gasteiger charge is -2.32. The first-order chi connectivity index (χ1) is 8.91. The molecule has 0 radical (unpaired) electrons. The Kier molecular flexibility index (Phi) is 2.66. The molecule has 0 amide bonds. The molecule has 0 unspecified atom stereocenters. The normalized spacial score (nSPS) is 20.9. The van der Waals surface area contributed by atoms with E-state index in [1.807, 2.05) is 46.2 Å². The maximum Gasteiger partial charge on any atom is 0.497 e. The molecule has 0 saturated carbocycles. The van der Waals surface area contributed by atoms with Gasteiger partial charge < -0.3 is 9.31 Å². The third-order valence-corrected chi connectivity index (χ3v) is 4.10. The summed E-state index contributed by atoms with van der Waals surface area (Å²) in [5, 5.41) is 2.07. The van der Waals surface area contributed by atoms with Gasteiger partial charge in [0.05, 0.1) is 11.2 Å². The van der Waals surface area contributed by atoms with Gasteiger partial charge in [0.15, 0.2) is 0 Å². The monoisotopic (exact) mass is 256 g/mol. The van der Waals surface area contributed by atoms with E-state index in [1.165, 1.54) is 0 Å². The van der Waals surface area contributed by atoms with Crippen LogP contribution in [0.25, 0.3) is 10.8 Å². The van der Waals surface area contributed by atoms with Crippen molar-refractivity contribution in [1.82, 2.24) is 9.97 Å². The lowest BCUT2D eigenvalue weighted by molar-refractivity contribution is 0.00578. The molecule has 0 atom stereocenters. The molecule has 1 aliphatic heterocycles. The van der Waals surface area contributed by atoms with Crippen molar-refractivity contribution in [1.29, 1.82) is 0 Å². The van der Waals surface area contributed by atoms with Gasteiger partial charge in [0.1, 0.15) is 0 Å². The van der Waals surface area contributed by atoms with Crippen LogP contribution in [0.3, 0.4) is 0 Å². The molecule has 1 saturated heterocycles. The highest BCUT2D eigenvalue weighted by molar-refractivity contribution is 6.65. The van der Waals surface area contributed by atoms with Crippen LogP contribution in [0.5, 0.6) is 0 Å². The fraction of sp³-hybridized carbons (Fsp3) is 0.429. The molecule has 0 aliphatic carbocycles. The standard InChI is InChI=1S/C14H17BN2O2/c1-13(2)14(3,4)19-15(18-13)12-9-17-7-10-5-6-16-8-11(10)12/h5-9H,1-4H3. The Morgan fingerprint density at radius 3 is 2.32 bits per heavy atom. The molecule has 3 heterocycles. The van der Waals surface area contributed by atoms with Gasteiger partial charge in [-0.05, 0) is 33.8 Å². The maximum atomic E-state index is 6.07. The van der Waals surface area contributed by atoms with E-state index in [0.717, 1.165) is 16.2 Å². The predicted molar refractivity (Wildman–Crippen MR) is 75.3 cm³/mol. The second-order valence-corrected chi connectivity index (χ2v) is 5.91. The van der Waals surface area contributed by atoms with E-state index >= 15 is 0 Å². The molecular weight excluding hydrogens is 239 g/mol. The molecule has 1 fully saturated rings. The van der Waals surface area contributed by atoms with E-state index in [4.69, 9.17) is 9.31 Å². The third kappa shape index (κ3) is 1.93. The van der Waals surface area contributed by atoms with Crippen molar-refractivity contribution in [2.75, 3.05) is 0 Å². The van der Waals surface area contributed by atoms with Gasteiger partial charge in [0, 0.05) is 41.0 Å². The number of hydrogen-bond acceptors (Lipinski definition) is 4. The van der Waals surface area contributed by atoms with Crippen LogP contribution in [0.15, 0.2) is 30.9 Å². The van der Waals surface area contributed by atoms with Crippen molar-refractivity contribution in [2.45, 2.75) is 38.9 Å². The molecule has 5 heteroatoms. The molecule has 2 aromatic rings. The average molecular weight is 256 g/mol. The summed E-state index contributed by atoms with van der Waals surface area (Å²) < 4.78 is 12.1. The van der Waals surface area contributed by atoms with E-state index in [1.54, 1.807) is 12.4 Å². The Balaban J connectivity index is 2.08. The van der Waals surface area contributed by atoms with Crippen molar-refractivity contribution in [3.8, 4) is 0 Å². The Morgan fingerprint density at radius 1 is 0.947 bits per heavy atom. The number of fused-ring (bicyclic) bond motifs is 1. The van der Waals surface area contributed by atoms with E-state index in [2.05, 4.69) is 9.97 Å². The molecule has 0 N–H and O–H groups in total. The van der Waals surface area contributed by atoms with Crippen LogP contribution in [0, 0.1) is 0 Å². The van der Waals surface area contributed by atoms with Crippen molar-refractivity contribution in [2.24, 2.45) is 0 Å². The van der Waals surface area contributed by atoms with E-state index in [9.17, 15) is 0 Å². The summed E-state index contributed by atoms with van der Waals surface area (Å²) in [5.41, 5.74) is 0.244. The Morgan fingerprint density at radius 2 is 1.63 bits per heavy atom. The first kappa shape index (κ1) is 12.6. The minimum atomic E-state index is -0.398. The predicted octanol–water partition coefficient (Wildman–Crippen LogP) is 1.93.